The number of thiol groups is 1. The van der Waals surface area contributed by atoms with Gasteiger partial charge in [0.1, 0.15) is 0 Å². The van der Waals surface area contributed by atoms with Gasteiger partial charge in [0.2, 0.25) is 0 Å². The molecular weight excluding hydrogens is 336 g/mol. The fraction of sp³-hybridized carbons (Fsp3) is 0.739. The van der Waals surface area contributed by atoms with Crippen molar-refractivity contribution >= 4 is 20.7 Å². The average molecular weight is 379 g/mol. The molecule has 0 saturated heterocycles. The SMILES string of the molecule is CCCCc1cc(C[Si](CCCC)(CCCC)CCCC)ccc1S. The fourth-order valence-electron chi connectivity index (χ4n) is 4.04. The first-order valence-electron chi connectivity index (χ1n) is 10.9. The quantitative estimate of drug-likeness (QED) is 0.244. The maximum absolute atomic E-state index is 4.71. The highest BCUT2D eigenvalue weighted by Gasteiger charge is 2.31. The standard InChI is InChI=1S/C23H42SSi/c1-5-9-13-22-19-21(14-15-23(22)24)20-25(16-10-6-2,17-11-7-3)18-12-8-4/h14-15,19,24H,5-13,16-18,20H2,1-4H3. The van der Waals surface area contributed by atoms with Crippen LogP contribution in [0.5, 0.6) is 0 Å². The summed E-state index contributed by atoms with van der Waals surface area (Å²) in [6.45, 7) is 9.35. The molecule has 1 rings (SSSR count). The second kappa shape index (κ2) is 13.0. The highest BCUT2D eigenvalue weighted by Crippen LogP contribution is 2.32. The lowest BCUT2D eigenvalue weighted by molar-refractivity contribution is 0.779. The molecule has 0 unspecified atom stereocenters. The van der Waals surface area contributed by atoms with Gasteiger partial charge in [0.05, 0.1) is 8.07 Å². The molecule has 0 nitrogen and oxygen atoms in total. The normalized spacial score (nSPS) is 11.9. The zero-order valence-electron chi connectivity index (χ0n) is 17.4. The molecule has 0 aliphatic rings. The number of aryl methyl sites for hydroxylation is 1. The van der Waals surface area contributed by atoms with Gasteiger partial charge in [0, 0.05) is 4.90 Å². The molecule has 0 atom stereocenters. The number of unbranched alkanes of at least 4 members (excludes halogenated alkanes) is 4. The molecule has 25 heavy (non-hydrogen) atoms. The summed E-state index contributed by atoms with van der Waals surface area (Å²) in [5, 5.41) is 0. The predicted molar refractivity (Wildman–Crippen MR) is 121 cm³/mol. The molecule has 1 aromatic rings. The first-order valence-corrected chi connectivity index (χ1v) is 14.2. The molecule has 0 radical (unpaired) electrons. The van der Waals surface area contributed by atoms with Crippen molar-refractivity contribution in [2.24, 2.45) is 0 Å². The van der Waals surface area contributed by atoms with Gasteiger partial charge in [-0.15, -0.1) is 12.6 Å². The maximum atomic E-state index is 4.71. The Morgan fingerprint density at radius 2 is 1.28 bits per heavy atom. The minimum absolute atomic E-state index is 1.19. The van der Waals surface area contributed by atoms with Crippen molar-refractivity contribution in [1.29, 1.82) is 0 Å². The summed E-state index contributed by atoms with van der Waals surface area (Å²) >= 11 is 4.71. The van der Waals surface area contributed by atoms with Gasteiger partial charge in [-0.25, -0.2) is 0 Å². The zero-order chi connectivity index (χ0) is 18.5. The molecule has 0 spiro atoms. The van der Waals surface area contributed by atoms with Crippen LogP contribution < -0.4 is 0 Å². The van der Waals surface area contributed by atoms with Crippen LogP contribution in [0.3, 0.4) is 0 Å². The lowest BCUT2D eigenvalue weighted by Crippen LogP contribution is -2.37. The van der Waals surface area contributed by atoms with Crippen LogP contribution in [-0.2, 0) is 12.5 Å². The molecule has 0 heterocycles. The Labute approximate surface area is 164 Å². The van der Waals surface area contributed by atoms with E-state index in [0.29, 0.717) is 0 Å². The largest absolute Gasteiger partial charge is 0.143 e. The molecular formula is C23H42SSi. The molecule has 0 fully saturated rings. The van der Waals surface area contributed by atoms with Crippen molar-refractivity contribution < 1.29 is 0 Å². The van der Waals surface area contributed by atoms with Crippen LogP contribution in [-0.4, -0.2) is 8.07 Å². The molecule has 0 aliphatic heterocycles. The maximum Gasteiger partial charge on any atom is 0.0579 e. The van der Waals surface area contributed by atoms with Crippen LogP contribution in [0.15, 0.2) is 23.1 Å². The van der Waals surface area contributed by atoms with Gasteiger partial charge in [-0.3, -0.25) is 0 Å². The lowest BCUT2D eigenvalue weighted by atomic mass is 10.1. The molecule has 2 heteroatoms. The van der Waals surface area contributed by atoms with E-state index in [4.69, 9.17) is 12.6 Å². The van der Waals surface area contributed by atoms with Crippen LogP contribution in [0.4, 0.5) is 0 Å². The van der Waals surface area contributed by atoms with Crippen molar-refractivity contribution in [2.75, 3.05) is 0 Å². The Bertz CT molecular complexity index is 447. The van der Waals surface area contributed by atoms with E-state index >= 15 is 0 Å². The van der Waals surface area contributed by atoms with E-state index in [1.807, 2.05) is 0 Å². The van der Waals surface area contributed by atoms with E-state index < -0.39 is 8.07 Å². The summed E-state index contributed by atoms with van der Waals surface area (Å²) in [4.78, 5) is 1.19. The number of hydrogen-bond acceptors (Lipinski definition) is 1. The van der Waals surface area contributed by atoms with E-state index in [1.165, 1.54) is 92.4 Å². The number of hydrogen-bond donors (Lipinski definition) is 1. The molecule has 0 amide bonds. The van der Waals surface area contributed by atoms with Gasteiger partial charge in [-0.2, -0.15) is 0 Å². The van der Waals surface area contributed by atoms with Gasteiger partial charge >= 0.3 is 0 Å². The Hall–Kier alpha value is -0.213. The van der Waals surface area contributed by atoms with E-state index in [1.54, 1.807) is 5.56 Å². The topological polar surface area (TPSA) is 0 Å². The predicted octanol–water partition coefficient (Wildman–Crippen LogP) is 8.25. The summed E-state index contributed by atoms with van der Waals surface area (Å²) in [5.74, 6) is 0. The zero-order valence-corrected chi connectivity index (χ0v) is 19.3. The minimum Gasteiger partial charge on any atom is -0.143 e. The van der Waals surface area contributed by atoms with Gasteiger partial charge < -0.3 is 0 Å². The van der Waals surface area contributed by atoms with E-state index in [-0.39, 0.29) is 0 Å². The third kappa shape index (κ3) is 8.34. The van der Waals surface area contributed by atoms with Gasteiger partial charge in [0.25, 0.3) is 0 Å². The summed E-state index contributed by atoms with van der Waals surface area (Å²) in [7, 11) is -1.20. The van der Waals surface area contributed by atoms with Crippen molar-refractivity contribution in [3.05, 3.63) is 29.3 Å². The second-order valence-electron chi connectivity index (χ2n) is 8.05. The Morgan fingerprint density at radius 3 is 1.76 bits per heavy atom. The number of rotatable bonds is 14. The van der Waals surface area contributed by atoms with E-state index in [9.17, 15) is 0 Å². The summed E-state index contributed by atoms with van der Waals surface area (Å²) in [5.41, 5.74) is 3.09. The number of benzene rings is 1. The van der Waals surface area contributed by atoms with Gasteiger partial charge in [-0.1, -0.05) is 108 Å². The summed E-state index contributed by atoms with van der Waals surface area (Å²) in [6, 6.07) is 13.2. The molecule has 0 saturated carbocycles. The third-order valence-corrected chi connectivity index (χ3v) is 11.5. The van der Waals surface area contributed by atoms with Crippen LogP contribution in [0.25, 0.3) is 0 Å². The van der Waals surface area contributed by atoms with E-state index in [0.717, 1.165) is 0 Å². The molecule has 1 aromatic carbocycles. The highest BCUT2D eigenvalue weighted by molar-refractivity contribution is 7.80. The molecule has 0 aromatic heterocycles. The fourth-order valence-corrected chi connectivity index (χ4v) is 9.97. The van der Waals surface area contributed by atoms with Crippen LogP contribution in [0.2, 0.25) is 18.1 Å². The first kappa shape index (κ1) is 22.8. The summed E-state index contributed by atoms with van der Waals surface area (Å²) < 4.78 is 0. The van der Waals surface area contributed by atoms with Crippen LogP contribution in [0, 0.1) is 0 Å². The van der Waals surface area contributed by atoms with E-state index in [2.05, 4.69) is 45.9 Å². The Balaban J connectivity index is 2.99. The lowest BCUT2D eigenvalue weighted by Gasteiger charge is -2.33. The Morgan fingerprint density at radius 1 is 0.760 bits per heavy atom. The average Bonchev–Trinajstić information content (AvgIpc) is 2.63. The smallest absolute Gasteiger partial charge is 0.0579 e. The Kier molecular flexibility index (Phi) is 11.9. The van der Waals surface area contributed by atoms with Gasteiger partial charge in [-0.05, 0) is 30.5 Å². The third-order valence-electron chi connectivity index (χ3n) is 5.70. The van der Waals surface area contributed by atoms with Gasteiger partial charge in [0.15, 0.2) is 0 Å². The van der Waals surface area contributed by atoms with Crippen LogP contribution in [0.1, 0.15) is 90.2 Å². The van der Waals surface area contributed by atoms with Crippen molar-refractivity contribution in [2.45, 2.75) is 115 Å². The minimum atomic E-state index is -1.20. The second-order valence-corrected chi connectivity index (χ2v) is 13.4. The molecule has 0 N–H and O–H groups in total. The molecule has 144 valence electrons. The van der Waals surface area contributed by atoms with Crippen molar-refractivity contribution in [1.82, 2.24) is 0 Å². The van der Waals surface area contributed by atoms with Crippen LogP contribution >= 0.6 is 12.6 Å². The molecule has 0 bridgehead atoms. The molecule has 0 aliphatic carbocycles. The van der Waals surface area contributed by atoms with Crippen molar-refractivity contribution in [3.63, 3.8) is 0 Å². The summed E-state index contributed by atoms with van der Waals surface area (Å²) in [6.07, 6.45) is 12.1. The monoisotopic (exact) mass is 378 g/mol. The van der Waals surface area contributed by atoms with Crippen molar-refractivity contribution in [3.8, 4) is 0 Å². The highest BCUT2D eigenvalue weighted by atomic mass is 32.1. The first-order chi connectivity index (χ1) is 12.1.